The van der Waals surface area contributed by atoms with Gasteiger partial charge in [-0.1, -0.05) is 28.1 Å². The van der Waals surface area contributed by atoms with Crippen molar-refractivity contribution in [3.8, 4) is 0 Å². The number of carbonyl (C=O) groups is 1. The third-order valence-corrected chi connectivity index (χ3v) is 4.18. The molecule has 1 saturated heterocycles. The number of carbonyl (C=O) groups excluding carboxylic acids is 1. The summed E-state index contributed by atoms with van der Waals surface area (Å²) >= 11 is 3.44. The van der Waals surface area contributed by atoms with Gasteiger partial charge >= 0.3 is 0 Å². The zero-order valence-electron chi connectivity index (χ0n) is 11.5. The molecule has 19 heavy (non-hydrogen) atoms. The standard InChI is InChI=1S/C15H21BrN2O/c1-11-10-18(8-7-17-11)15(12(2)19)9-13-3-5-14(16)6-4-13/h3-6,11,15,17H,7-10H2,1-2H3/t11-,15-/m0/s1. The van der Waals surface area contributed by atoms with E-state index < -0.39 is 0 Å². The van der Waals surface area contributed by atoms with Gasteiger partial charge in [0.05, 0.1) is 6.04 Å². The minimum absolute atomic E-state index is 0.00530. The number of piperazine rings is 1. The molecule has 0 radical (unpaired) electrons. The lowest BCUT2D eigenvalue weighted by molar-refractivity contribution is -0.122. The fraction of sp³-hybridized carbons (Fsp3) is 0.533. The van der Waals surface area contributed by atoms with E-state index in [9.17, 15) is 4.79 Å². The molecule has 1 aromatic rings. The van der Waals surface area contributed by atoms with Crippen molar-refractivity contribution in [3.05, 3.63) is 34.3 Å². The third kappa shape index (κ3) is 4.13. The molecular weight excluding hydrogens is 304 g/mol. The molecule has 4 heteroatoms. The van der Waals surface area contributed by atoms with Gasteiger partial charge in [0.15, 0.2) is 0 Å². The minimum atomic E-state index is 0.00530. The topological polar surface area (TPSA) is 32.3 Å². The zero-order chi connectivity index (χ0) is 13.8. The molecule has 1 fully saturated rings. The molecule has 1 N–H and O–H groups in total. The van der Waals surface area contributed by atoms with Crippen LogP contribution in [-0.2, 0) is 11.2 Å². The van der Waals surface area contributed by atoms with Crippen molar-refractivity contribution in [2.45, 2.75) is 32.4 Å². The van der Waals surface area contributed by atoms with Crippen LogP contribution in [0, 0.1) is 0 Å². The number of rotatable bonds is 4. The second-order valence-electron chi connectivity index (χ2n) is 5.31. The summed E-state index contributed by atoms with van der Waals surface area (Å²) in [6.07, 6.45) is 0.801. The maximum atomic E-state index is 11.9. The van der Waals surface area contributed by atoms with Crippen LogP contribution in [0.25, 0.3) is 0 Å². The van der Waals surface area contributed by atoms with Gasteiger partial charge in [0, 0.05) is 30.1 Å². The van der Waals surface area contributed by atoms with Crippen molar-refractivity contribution >= 4 is 21.7 Å². The fourth-order valence-corrected chi connectivity index (χ4v) is 2.88. The van der Waals surface area contributed by atoms with Crippen molar-refractivity contribution in [3.63, 3.8) is 0 Å². The van der Waals surface area contributed by atoms with Crippen LogP contribution in [0.1, 0.15) is 19.4 Å². The number of hydrogen-bond acceptors (Lipinski definition) is 3. The van der Waals surface area contributed by atoms with Gasteiger partial charge in [0.1, 0.15) is 5.78 Å². The molecule has 0 amide bonds. The summed E-state index contributed by atoms with van der Waals surface area (Å²) in [5.41, 5.74) is 1.22. The normalized spacial score (nSPS) is 22.2. The second kappa shape index (κ2) is 6.64. The van der Waals surface area contributed by atoms with Crippen molar-refractivity contribution in [1.82, 2.24) is 10.2 Å². The highest BCUT2D eigenvalue weighted by Gasteiger charge is 2.26. The van der Waals surface area contributed by atoms with Gasteiger partial charge in [-0.2, -0.15) is 0 Å². The Morgan fingerprint density at radius 3 is 2.74 bits per heavy atom. The molecule has 0 aromatic heterocycles. The smallest absolute Gasteiger partial charge is 0.147 e. The van der Waals surface area contributed by atoms with Gasteiger partial charge in [0.25, 0.3) is 0 Å². The van der Waals surface area contributed by atoms with Crippen molar-refractivity contribution in [2.75, 3.05) is 19.6 Å². The van der Waals surface area contributed by atoms with E-state index in [1.54, 1.807) is 6.92 Å². The molecule has 0 bridgehead atoms. The Kier molecular flexibility index (Phi) is 5.13. The van der Waals surface area contributed by atoms with Crippen LogP contribution in [0.3, 0.4) is 0 Å². The fourth-order valence-electron chi connectivity index (χ4n) is 2.62. The van der Waals surface area contributed by atoms with E-state index in [1.165, 1.54) is 5.56 Å². The Hall–Kier alpha value is -0.710. The molecule has 0 saturated carbocycles. The first kappa shape index (κ1) is 14.7. The average Bonchev–Trinajstić information content (AvgIpc) is 2.37. The summed E-state index contributed by atoms with van der Waals surface area (Å²) in [4.78, 5) is 14.3. The summed E-state index contributed by atoms with van der Waals surface area (Å²) in [6, 6.07) is 8.71. The van der Waals surface area contributed by atoms with Gasteiger partial charge in [-0.3, -0.25) is 9.69 Å². The Morgan fingerprint density at radius 2 is 2.16 bits per heavy atom. The van der Waals surface area contributed by atoms with Gasteiger partial charge in [-0.15, -0.1) is 0 Å². The maximum absolute atomic E-state index is 11.9. The largest absolute Gasteiger partial charge is 0.312 e. The van der Waals surface area contributed by atoms with Gasteiger partial charge < -0.3 is 5.32 Å². The number of nitrogens with zero attached hydrogens (tertiary/aromatic N) is 1. The van der Waals surface area contributed by atoms with Crippen LogP contribution < -0.4 is 5.32 Å². The number of benzene rings is 1. The SMILES string of the molecule is CC(=O)[C@H](Cc1ccc(Br)cc1)N1CCN[C@@H](C)C1. The first-order chi connectivity index (χ1) is 9.06. The van der Waals surface area contributed by atoms with E-state index in [2.05, 4.69) is 45.2 Å². The molecule has 1 heterocycles. The van der Waals surface area contributed by atoms with Crippen LogP contribution in [0.15, 0.2) is 28.7 Å². The second-order valence-corrected chi connectivity index (χ2v) is 6.22. The van der Waals surface area contributed by atoms with Crippen LogP contribution >= 0.6 is 15.9 Å². The van der Waals surface area contributed by atoms with E-state index >= 15 is 0 Å². The molecule has 104 valence electrons. The van der Waals surface area contributed by atoms with E-state index in [1.807, 2.05) is 12.1 Å². The lowest BCUT2D eigenvalue weighted by atomic mass is 10.00. The quantitative estimate of drug-likeness (QED) is 0.921. The number of Topliss-reactive ketones (excluding diaryl/α,β-unsaturated/α-hetero) is 1. The van der Waals surface area contributed by atoms with Crippen LogP contribution in [-0.4, -0.2) is 42.4 Å². The molecular formula is C15H21BrN2O. The van der Waals surface area contributed by atoms with E-state index in [0.717, 1.165) is 30.5 Å². The molecule has 1 aliphatic heterocycles. The first-order valence-electron chi connectivity index (χ1n) is 6.78. The van der Waals surface area contributed by atoms with Crippen LogP contribution in [0.4, 0.5) is 0 Å². The molecule has 1 aromatic carbocycles. The van der Waals surface area contributed by atoms with Gasteiger partial charge in [0.2, 0.25) is 0 Å². The highest BCUT2D eigenvalue weighted by molar-refractivity contribution is 9.10. The van der Waals surface area contributed by atoms with Crippen molar-refractivity contribution in [1.29, 1.82) is 0 Å². The van der Waals surface area contributed by atoms with E-state index in [4.69, 9.17) is 0 Å². The Labute approximate surface area is 123 Å². The first-order valence-corrected chi connectivity index (χ1v) is 7.58. The molecule has 0 spiro atoms. The molecule has 1 aliphatic rings. The Bertz CT molecular complexity index is 432. The number of halogens is 1. The minimum Gasteiger partial charge on any atom is -0.312 e. The number of ketones is 1. The Morgan fingerprint density at radius 1 is 1.47 bits per heavy atom. The number of nitrogens with one attached hydrogen (secondary N) is 1. The van der Waals surface area contributed by atoms with Crippen molar-refractivity contribution < 1.29 is 4.79 Å². The van der Waals surface area contributed by atoms with E-state index in [0.29, 0.717) is 6.04 Å². The van der Waals surface area contributed by atoms with Gasteiger partial charge in [-0.05, 0) is 38.0 Å². The lowest BCUT2D eigenvalue weighted by Crippen LogP contribution is -2.55. The average molecular weight is 325 g/mol. The Balaban J connectivity index is 2.07. The van der Waals surface area contributed by atoms with E-state index in [-0.39, 0.29) is 11.8 Å². The molecule has 2 rings (SSSR count). The third-order valence-electron chi connectivity index (χ3n) is 3.65. The van der Waals surface area contributed by atoms with Gasteiger partial charge in [-0.25, -0.2) is 0 Å². The monoisotopic (exact) mass is 324 g/mol. The highest BCUT2D eigenvalue weighted by Crippen LogP contribution is 2.15. The lowest BCUT2D eigenvalue weighted by Gasteiger charge is -2.36. The summed E-state index contributed by atoms with van der Waals surface area (Å²) in [7, 11) is 0. The van der Waals surface area contributed by atoms with Crippen molar-refractivity contribution in [2.24, 2.45) is 0 Å². The molecule has 3 nitrogen and oxygen atoms in total. The summed E-state index contributed by atoms with van der Waals surface area (Å²) in [5, 5.41) is 3.42. The highest BCUT2D eigenvalue weighted by atomic mass is 79.9. The number of hydrogen-bond donors (Lipinski definition) is 1. The summed E-state index contributed by atoms with van der Waals surface area (Å²) < 4.78 is 1.08. The molecule has 0 unspecified atom stereocenters. The maximum Gasteiger partial charge on any atom is 0.147 e. The predicted molar refractivity (Wildman–Crippen MR) is 81.4 cm³/mol. The zero-order valence-corrected chi connectivity index (χ0v) is 13.1. The van der Waals surface area contributed by atoms with Crippen LogP contribution in [0.5, 0.6) is 0 Å². The van der Waals surface area contributed by atoms with Crippen LogP contribution in [0.2, 0.25) is 0 Å². The predicted octanol–water partition coefficient (Wildman–Crippen LogP) is 2.24. The summed E-state index contributed by atoms with van der Waals surface area (Å²) in [6.45, 7) is 6.73. The molecule has 2 atom stereocenters. The molecule has 0 aliphatic carbocycles. The summed E-state index contributed by atoms with van der Waals surface area (Å²) in [5.74, 6) is 0.261.